The highest BCUT2D eigenvalue weighted by atomic mass is 19.1. The van der Waals surface area contributed by atoms with Crippen molar-refractivity contribution in [1.29, 1.82) is 0 Å². The molecule has 0 spiro atoms. The third-order valence-corrected chi connectivity index (χ3v) is 2.82. The lowest BCUT2D eigenvalue weighted by molar-refractivity contribution is 0.0511. The zero-order valence-electron chi connectivity index (χ0n) is 10.4. The molecule has 0 aliphatic carbocycles. The van der Waals surface area contributed by atoms with E-state index in [0.717, 1.165) is 5.39 Å². The molecule has 4 heteroatoms. The van der Waals surface area contributed by atoms with Gasteiger partial charge in [-0.05, 0) is 29.5 Å². The Labute approximate surface area is 105 Å². The molecule has 3 nitrogen and oxygen atoms in total. The number of hydrogen-bond donors (Lipinski definition) is 1. The van der Waals surface area contributed by atoms with Crippen LogP contribution in [0.4, 0.5) is 4.39 Å². The quantitative estimate of drug-likeness (QED) is 0.847. The zero-order valence-corrected chi connectivity index (χ0v) is 10.4. The molecule has 96 valence electrons. The Kier molecular flexibility index (Phi) is 3.67. The average Bonchev–Trinajstić information content (AvgIpc) is 2.37. The third kappa shape index (κ3) is 2.24. The van der Waals surface area contributed by atoms with Crippen molar-refractivity contribution in [1.82, 2.24) is 0 Å². The lowest BCUT2D eigenvalue weighted by Crippen LogP contribution is -1.99. The van der Waals surface area contributed by atoms with E-state index in [2.05, 4.69) is 0 Å². The average molecular weight is 250 g/mol. The van der Waals surface area contributed by atoms with Crippen LogP contribution in [0, 0.1) is 5.82 Å². The first-order chi connectivity index (χ1) is 8.67. The number of rotatable bonds is 4. The highest BCUT2D eigenvalue weighted by Gasteiger charge is 2.11. The van der Waals surface area contributed by atoms with Crippen LogP contribution in [0.2, 0.25) is 0 Å². The highest BCUT2D eigenvalue weighted by molar-refractivity contribution is 5.92. The van der Waals surface area contributed by atoms with Crippen LogP contribution in [0.5, 0.6) is 11.5 Å². The Bertz CT molecular complexity index is 566. The number of ether oxygens (including phenoxy) is 2. The van der Waals surface area contributed by atoms with Gasteiger partial charge in [-0.1, -0.05) is 13.0 Å². The normalized spacial score (nSPS) is 10.8. The number of aromatic hydroxyl groups is 1. The van der Waals surface area contributed by atoms with Crippen molar-refractivity contribution in [3.05, 3.63) is 35.6 Å². The molecule has 0 heterocycles. The van der Waals surface area contributed by atoms with Gasteiger partial charge >= 0.3 is 0 Å². The summed E-state index contributed by atoms with van der Waals surface area (Å²) >= 11 is 0. The van der Waals surface area contributed by atoms with E-state index in [4.69, 9.17) is 9.47 Å². The van der Waals surface area contributed by atoms with Gasteiger partial charge in [0, 0.05) is 18.6 Å². The maximum Gasteiger partial charge on any atom is 0.188 e. The summed E-state index contributed by atoms with van der Waals surface area (Å²) in [7, 11) is 1.52. The molecule has 0 saturated carbocycles. The first kappa shape index (κ1) is 12.6. The molecule has 2 aromatic carbocycles. The number of halogens is 1. The van der Waals surface area contributed by atoms with Crippen LogP contribution >= 0.6 is 0 Å². The molecule has 0 aliphatic heterocycles. The van der Waals surface area contributed by atoms with Gasteiger partial charge in [0.15, 0.2) is 6.79 Å². The van der Waals surface area contributed by atoms with Crippen molar-refractivity contribution in [2.45, 2.75) is 13.3 Å². The maximum absolute atomic E-state index is 13.6. The largest absolute Gasteiger partial charge is 0.507 e. The Morgan fingerprint density at radius 2 is 2.06 bits per heavy atom. The van der Waals surface area contributed by atoms with Gasteiger partial charge in [0.2, 0.25) is 0 Å². The molecule has 0 radical (unpaired) electrons. The van der Waals surface area contributed by atoms with Gasteiger partial charge in [0.05, 0.1) is 0 Å². The summed E-state index contributed by atoms with van der Waals surface area (Å²) in [4.78, 5) is 0. The number of hydrogen-bond acceptors (Lipinski definition) is 3. The number of methoxy groups -OCH3 is 1. The monoisotopic (exact) mass is 250 g/mol. The second-order valence-corrected chi connectivity index (χ2v) is 3.97. The number of aryl methyl sites for hydroxylation is 1. The minimum atomic E-state index is -0.300. The van der Waals surface area contributed by atoms with Gasteiger partial charge in [-0.15, -0.1) is 0 Å². The summed E-state index contributed by atoms with van der Waals surface area (Å²) in [5.74, 6) is 0.219. The summed E-state index contributed by atoms with van der Waals surface area (Å²) in [6, 6.07) is 6.26. The van der Waals surface area contributed by atoms with E-state index in [1.165, 1.54) is 19.2 Å². The summed E-state index contributed by atoms with van der Waals surface area (Å²) in [6.45, 7) is 1.96. The summed E-state index contributed by atoms with van der Waals surface area (Å²) in [5, 5.41) is 11.3. The lowest BCUT2D eigenvalue weighted by atomic mass is 10.0. The summed E-state index contributed by atoms with van der Waals surface area (Å²) in [6.07, 6.45) is 0.523. The Morgan fingerprint density at radius 1 is 1.28 bits per heavy atom. The van der Waals surface area contributed by atoms with E-state index in [-0.39, 0.29) is 18.4 Å². The molecule has 1 N–H and O–H groups in total. The predicted octanol–water partition coefficient (Wildman–Crippen LogP) is 3.23. The number of benzene rings is 2. The smallest absolute Gasteiger partial charge is 0.188 e. The molecule has 18 heavy (non-hydrogen) atoms. The minimum absolute atomic E-state index is 0.0231. The highest BCUT2D eigenvalue weighted by Crippen LogP contribution is 2.34. The van der Waals surface area contributed by atoms with E-state index < -0.39 is 0 Å². The van der Waals surface area contributed by atoms with Crippen LogP contribution in [0.1, 0.15) is 12.5 Å². The van der Waals surface area contributed by atoms with Crippen LogP contribution in [0.25, 0.3) is 10.8 Å². The summed E-state index contributed by atoms with van der Waals surface area (Å²) in [5.41, 5.74) is 0.517. The van der Waals surface area contributed by atoms with Gasteiger partial charge in [0.25, 0.3) is 0 Å². The number of phenolic OH excluding ortho intramolecular Hbond substituents is 1. The molecular formula is C14H15FO3. The van der Waals surface area contributed by atoms with Crippen LogP contribution in [-0.4, -0.2) is 19.0 Å². The van der Waals surface area contributed by atoms with Crippen LogP contribution < -0.4 is 4.74 Å². The van der Waals surface area contributed by atoms with Gasteiger partial charge in [0.1, 0.15) is 17.3 Å². The molecule has 0 amide bonds. The first-order valence-corrected chi connectivity index (χ1v) is 5.73. The number of phenols is 1. The van der Waals surface area contributed by atoms with E-state index in [1.807, 2.05) is 6.92 Å². The third-order valence-electron chi connectivity index (χ3n) is 2.82. The van der Waals surface area contributed by atoms with Crippen LogP contribution in [0.15, 0.2) is 24.3 Å². The van der Waals surface area contributed by atoms with Crippen LogP contribution in [0.3, 0.4) is 0 Å². The van der Waals surface area contributed by atoms with Gasteiger partial charge in [-0.2, -0.15) is 0 Å². The zero-order chi connectivity index (χ0) is 13.1. The van der Waals surface area contributed by atoms with Crippen molar-refractivity contribution < 1.29 is 19.0 Å². The molecular weight excluding hydrogens is 235 g/mol. The minimum Gasteiger partial charge on any atom is -0.507 e. The van der Waals surface area contributed by atoms with Gasteiger partial charge < -0.3 is 14.6 Å². The molecule has 0 aliphatic rings. The van der Waals surface area contributed by atoms with E-state index in [0.29, 0.717) is 23.1 Å². The fraction of sp³-hybridized carbons (Fsp3) is 0.286. The van der Waals surface area contributed by atoms with Crippen molar-refractivity contribution in [2.24, 2.45) is 0 Å². The van der Waals surface area contributed by atoms with Gasteiger partial charge in [-0.3, -0.25) is 0 Å². The lowest BCUT2D eigenvalue weighted by Gasteiger charge is -2.11. The SMILES string of the molecule is CCc1c(F)ccc2cc(OCOC)cc(O)c12. The second-order valence-electron chi connectivity index (χ2n) is 3.97. The molecule has 2 rings (SSSR count). The number of fused-ring (bicyclic) bond motifs is 1. The van der Waals surface area contributed by atoms with E-state index in [9.17, 15) is 9.50 Å². The Morgan fingerprint density at radius 3 is 2.72 bits per heavy atom. The van der Waals surface area contributed by atoms with Gasteiger partial charge in [-0.25, -0.2) is 4.39 Å². The van der Waals surface area contributed by atoms with E-state index >= 15 is 0 Å². The van der Waals surface area contributed by atoms with Crippen molar-refractivity contribution in [3.8, 4) is 11.5 Å². The van der Waals surface area contributed by atoms with Crippen molar-refractivity contribution in [2.75, 3.05) is 13.9 Å². The topological polar surface area (TPSA) is 38.7 Å². The van der Waals surface area contributed by atoms with E-state index in [1.54, 1.807) is 12.1 Å². The van der Waals surface area contributed by atoms with Crippen molar-refractivity contribution in [3.63, 3.8) is 0 Å². The van der Waals surface area contributed by atoms with Crippen LogP contribution in [-0.2, 0) is 11.2 Å². The fourth-order valence-electron chi connectivity index (χ4n) is 2.02. The fourth-order valence-corrected chi connectivity index (χ4v) is 2.02. The molecule has 0 aromatic heterocycles. The molecule has 0 fully saturated rings. The molecule has 0 bridgehead atoms. The second kappa shape index (κ2) is 5.23. The van der Waals surface area contributed by atoms with Crippen molar-refractivity contribution >= 4 is 10.8 Å². The molecule has 0 saturated heterocycles. The maximum atomic E-state index is 13.6. The first-order valence-electron chi connectivity index (χ1n) is 5.73. The standard InChI is InChI=1S/C14H15FO3/c1-3-11-12(15)5-4-9-6-10(18-8-17-2)7-13(16)14(9)11/h4-7,16H,3,8H2,1-2H3. The predicted molar refractivity (Wildman–Crippen MR) is 67.5 cm³/mol. The Balaban J connectivity index is 2.58. The molecule has 0 atom stereocenters. The Hall–Kier alpha value is -1.81. The molecule has 0 unspecified atom stereocenters. The molecule has 2 aromatic rings. The summed E-state index contributed by atoms with van der Waals surface area (Å²) < 4.78 is 23.7.